The van der Waals surface area contributed by atoms with Crippen LogP contribution in [0, 0.1) is 11.3 Å². The molecule has 2 rings (SSSR count). The van der Waals surface area contributed by atoms with Crippen LogP contribution in [0.25, 0.3) is 0 Å². The minimum atomic E-state index is -0.475. The van der Waals surface area contributed by atoms with Gasteiger partial charge in [-0.2, -0.15) is 0 Å². The lowest BCUT2D eigenvalue weighted by molar-refractivity contribution is -0.155. The molecule has 2 fully saturated rings. The van der Waals surface area contributed by atoms with Gasteiger partial charge in [-0.1, -0.05) is 6.42 Å². The number of aliphatic hydroxyl groups excluding tert-OH is 1. The summed E-state index contributed by atoms with van der Waals surface area (Å²) in [5.41, 5.74) is 0.379. The van der Waals surface area contributed by atoms with Crippen LogP contribution in [0.4, 0.5) is 0 Å². The highest BCUT2D eigenvalue weighted by molar-refractivity contribution is 5.73. The van der Waals surface area contributed by atoms with E-state index in [0.717, 1.165) is 19.3 Å². The second-order valence-electron chi connectivity index (χ2n) is 4.79. The smallest absolute Gasteiger partial charge is 0.311 e. The zero-order chi connectivity index (χ0) is 10.2. The molecule has 2 aliphatic carbocycles. The second kappa shape index (κ2) is 3.54. The molecule has 1 N–H and O–H groups in total. The number of hydrogen-bond acceptors (Lipinski definition) is 3. The summed E-state index contributed by atoms with van der Waals surface area (Å²) < 4.78 is 4.68. The molecule has 1 spiro atoms. The van der Waals surface area contributed by atoms with Crippen molar-refractivity contribution >= 4 is 5.97 Å². The van der Waals surface area contributed by atoms with Crippen molar-refractivity contribution in [3.8, 4) is 0 Å². The fourth-order valence-corrected chi connectivity index (χ4v) is 2.90. The Morgan fingerprint density at radius 2 is 2.14 bits per heavy atom. The van der Waals surface area contributed by atoms with E-state index < -0.39 is 6.10 Å². The molecule has 3 heteroatoms. The van der Waals surface area contributed by atoms with Gasteiger partial charge in [0.1, 0.15) is 0 Å². The van der Waals surface area contributed by atoms with E-state index >= 15 is 0 Å². The highest BCUT2D eigenvalue weighted by Gasteiger charge is 2.46. The molecular formula is C11H18O3. The van der Waals surface area contributed by atoms with Crippen molar-refractivity contribution in [3.05, 3.63) is 0 Å². The van der Waals surface area contributed by atoms with Gasteiger partial charge < -0.3 is 9.84 Å². The van der Waals surface area contributed by atoms with Crippen molar-refractivity contribution in [1.29, 1.82) is 0 Å². The first-order chi connectivity index (χ1) is 6.67. The molecule has 0 aliphatic heterocycles. The third-order valence-corrected chi connectivity index (χ3v) is 4.01. The van der Waals surface area contributed by atoms with E-state index in [-0.39, 0.29) is 11.9 Å². The molecule has 0 bridgehead atoms. The van der Waals surface area contributed by atoms with E-state index in [2.05, 4.69) is 4.74 Å². The maximum absolute atomic E-state index is 11.3. The molecule has 0 aromatic carbocycles. The number of hydrogen-bond donors (Lipinski definition) is 1. The van der Waals surface area contributed by atoms with Crippen LogP contribution >= 0.6 is 0 Å². The minimum absolute atomic E-state index is 0.244. The van der Waals surface area contributed by atoms with Gasteiger partial charge >= 0.3 is 5.97 Å². The summed E-state index contributed by atoms with van der Waals surface area (Å²) in [7, 11) is 1.39. The van der Waals surface area contributed by atoms with Crippen molar-refractivity contribution in [2.24, 2.45) is 11.3 Å². The van der Waals surface area contributed by atoms with Crippen LogP contribution in [-0.2, 0) is 9.53 Å². The third kappa shape index (κ3) is 1.54. The highest BCUT2D eigenvalue weighted by Crippen LogP contribution is 2.52. The summed E-state index contributed by atoms with van der Waals surface area (Å²) in [6.07, 6.45) is 5.96. The molecule has 80 valence electrons. The first-order valence-electron chi connectivity index (χ1n) is 5.43. The Labute approximate surface area is 84.4 Å². The molecule has 2 aliphatic rings. The quantitative estimate of drug-likeness (QED) is 0.649. The van der Waals surface area contributed by atoms with Gasteiger partial charge in [0.2, 0.25) is 0 Å². The molecule has 2 saturated carbocycles. The molecule has 0 saturated heterocycles. The van der Waals surface area contributed by atoms with Crippen LogP contribution in [0.3, 0.4) is 0 Å². The lowest BCUT2D eigenvalue weighted by Gasteiger charge is -2.48. The van der Waals surface area contributed by atoms with E-state index in [1.54, 1.807) is 0 Å². The fourth-order valence-electron chi connectivity index (χ4n) is 2.90. The molecule has 0 aromatic heterocycles. The summed E-state index contributed by atoms with van der Waals surface area (Å²) in [5.74, 6) is -0.516. The number of carbonyl (C=O) groups is 1. The number of rotatable bonds is 1. The lowest BCUT2D eigenvalue weighted by Crippen LogP contribution is -2.44. The summed E-state index contributed by atoms with van der Waals surface area (Å²) in [4.78, 5) is 11.3. The maximum Gasteiger partial charge on any atom is 0.311 e. The van der Waals surface area contributed by atoms with Crippen LogP contribution < -0.4 is 0 Å². The standard InChI is InChI=1S/C11H18O3/c1-14-10(13)8-3-6-11(4-2-5-11)7-9(8)12/h8-9,12H,2-7H2,1H3. The van der Waals surface area contributed by atoms with E-state index in [4.69, 9.17) is 0 Å². The largest absolute Gasteiger partial charge is 0.469 e. The normalized spacial score (nSPS) is 35.0. The van der Waals surface area contributed by atoms with Crippen molar-refractivity contribution in [1.82, 2.24) is 0 Å². The van der Waals surface area contributed by atoms with Crippen molar-refractivity contribution in [2.75, 3.05) is 7.11 Å². The zero-order valence-corrected chi connectivity index (χ0v) is 8.66. The molecule has 3 nitrogen and oxygen atoms in total. The van der Waals surface area contributed by atoms with E-state index in [9.17, 15) is 9.90 Å². The molecule has 0 aromatic rings. The van der Waals surface area contributed by atoms with E-state index in [1.165, 1.54) is 26.4 Å². The Balaban J connectivity index is 1.96. The van der Waals surface area contributed by atoms with Crippen molar-refractivity contribution in [3.63, 3.8) is 0 Å². The van der Waals surface area contributed by atoms with Gasteiger partial charge in [0, 0.05) is 0 Å². The lowest BCUT2D eigenvalue weighted by atomic mass is 9.58. The van der Waals surface area contributed by atoms with Gasteiger partial charge in [0.25, 0.3) is 0 Å². The second-order valence-corrected chi connectivity index (χ2v) is 4.79. The molecule has 0 radical (unpaired) electrons. The number of aliphatic hydroxyl groups is 1. The van der Waals surface area contributed by atoms with Gasteiger partial charge in [-0.15, -0.1) is 0 Å². The van der Waals surface area contributed by atoms with Gasteiger partial charge in [-0.25, -0.2) is 0 Å². The molecular weight excluding hydrogens is 180 g/mol. The number of esters is 1. The minimum Gasteiger partial charge on any atom is -0.469 e. The van der Waals surface area contributed by atoms with Crippen LogP contribution in [0.1, 0.15) is 38.5 Å². The topological polar surface area (TPSA) is 46.5 Å². The Hall–Kier alpha value is -0.570. The Kier molecular flexibility index (Phi) is 2.52. The number of carbonyl (C=O) groups excluding carboxylic acids is 1. The summed E-state index contributed by atoms with van der Waals surface area (Å²) >= 11 is 0. The molecule has 2 unspecified atom stereocenters. The van der Waals surface area contributed by atoms with Gasteiger partial charge in [-0.3, -0.25) is 4.79 Å². The van der Waals surface area contributed by atoms with Crippen LogP contribution in [-0.4, -0.2) is 24.3 Å². The SMILES string of the molecule is COC(=O)C1CCC2(CCC2)CC1O. The molecule has 0 amide bonds. The summed E-state index contributed by atoms with van der Waals surface area (Å²) in [6.45, 7) is 0. The predicted octanol–water partition coefficient (Wildman–Crippen LogP) is 1.49. The monoisotopic (exact) mass is 198 g/mol. The van der Waals surface area contributed by atoms with Crippen LogP contribution in [0.15, 0.2) is 0 Å². The van der Waals surface area contributed by atoms with Crippen molar-refractivity contribution in [2.45, 2.75) is 44.6 Å². The van der Waals surface area contributed by atoms with Crippen molar-refractivity contribution < 1.29 is 14.6 Å². The number of ether oxygens (including phenoxy) is 1. The Bertz CT molecular complexity index is 233. The predicted molar refractivity (Wildman–Crippen MR) is 51.6 cm³/mol. The Morgan fingerprint density at radius 3 is 2.57 bits per heavy atom. The molecule has 0 heterocycles. The van der Waals surface area contributed by atoms with Gasteiger partial charge in [0.05, 0.1) is 19.1 Å². The summed E-state index contributed by atoms with van der Waals surface area (Å²) in [5, 5.41) is 9.87. The summed E-state index contributed by atoms with van der Waals surface area (Å²) in [6, 6.07) is 0. The molecule has 2 atom stereocenters. The van der Waals surface area contributed by atoms with Crippen LogP contribution in [0.2, 0.25) is 0 Å². The average molecular weight is 198 g/mol. The van der Waals surface area contributed by atoms with Crippen LogP contribution in [0.5, 0.6) is 0 Å². The number of methoxy groups -OCH3 is 1. The highest BCUT2D eigenvalue weighted by atomic mass is 16.5. The van der Waals surface area contributed by atoms with E-state index in [1.807, 2.05) is 0 Å². The fraction of sp³-hybridized carbons (Fsp3) is 0.909. The first kappa shape index (κ1) is 9.97. The van der Waals surface area contributed by atoms with E-state index in [0.29, 0.717) is 5.41 Å². The Morgan fingerprint density at radius 1 is 1.43 bits per heavy atom. The molecule has 14 heavy (non-hydrogen) atoms. The average Bonchev–Trinajstić information content (AvgIpc) is 2.14. The first-order valence-corrected chi connectivity index (χ1v) is 5.43. The maximum atomic E-state index is 11.3. The third-order valence-electron chi connectivity index (χ3n) is 4.01. The zero-order valence-electron chi connectivity index (χ0n) is 8.66. The van der Waals surface area contributed by atoms with Gasteiger partial charge in [0.15, 0.2) is 0 Å². The van der Waals surface area contributed by atoms with Gasteiger partial charge in [-0.05, 0) is 37.5 Å².